The first kappa shape index (κ1) is 14.6. The van der Waals surface area contributed by atoms with Crippen LogP contribution in [0.5, 0.6) is 0 Å². The van der Waals surface area contributed by atoms with Crippen LogP contribution >= 0.6 is 0 Å². The maximum Gasteiger partial charge on any atom is 0.335 e. The molecule has 2 unspecified atom stereocenters. The average Bonchev–Trinajstić information content (AvgIpc) is 2.48. The number of allylic oxidation sites excluding steroid dienone is 2. The third-order valence-electron chi connectivity index (χ3n) is 5.83. The third kappa shape index (κ3) is 2.99. The molecule has 0 aromatic carbocycles. The molecule has 2 fully saturated rings. The highest BCUT2D eigenvalue weighted by Gasteiger charge is 2.50. The van der Waals surface area contributed by atoms with Crippen LogP contribution in [0.4, 0.5) is 4.79 Å². The standard InChI is InChI=1S/C17H27N3O/c1-17(2)13-9-8-12(15(17)10-13)11-18-20-16(21)19-14-6-4-3-5-7-14/h8,11,13-15H,3-7,9-10H2,1-2H3,(H2,19,20,21). The van der Waals surface area contributed by atoms with Crippen LogP contribution < -0.4 is 10.7 Å². The summed E-state index contributed by atoms with van der Waals surface area (Å²) in [6.07, 6.45) is 12.5. The minimum atomic E-state index is -0.166. The first-order valence-corrected chi connectivity index (χ1v) is 8.37. The van der Waals surface area contributed by atoms with Crippen LogP contribution in [0.3, 0.4) is 0 Å². The van der Waals surface area contributed by atoms with Gasteiger partial charge in [0.05, 0.1) is 6.21 Å². The van der Waals surface area contributed by atoms with Crippen LogP contribution in [-0.4, -0.2) is 18.3 Å². The van der Waals surface area contributed by atoms with Crippen LogP contribution in [0.15, 0.2) is 16.8 Å². The van der Waals surface area contributed by atoms with Crippen molar-refractivity contribution in [3.63, 3.8) is 0 Å². The molecule has 4 rings (SSSR count). The molecule has 2 bridgehead atoms. The van der Waals surface area contributed by atoms with E-state index < -0.39 is 0 Å². The largest absolute Gasteiger partial charge is 0.335 e. The maximum absolute atomic E-state index is 11.8. The van der Waals surface area contributed by atoms with Crippen molar-refractivity contribution < 1.29 is 4.79 Å². The van der Waals surface area contributed by atoms with Gasteiger partial charge in [-0.1, -0.05) is 39.2 Å². The van der Waals surface area contributed by atoms with Crippen LogP contribution in [0.25, 0.3) is 0 Å². The molecule has 0 aliphatic heterocycles. The van der Waals surface area contributed by atoms with E-state index in [2.05, 4.69) is 35.8 Å². The summed E-state index contributed by atoms with van der Waals surface area (Å²) in [7, 11) is 0. The van der Waals surface area contributed by atoms with Gasteiger partial charge in [0.2, 0.25) is 0 Å². The number of amides is 2. The van der Waals surface area contributed by atoms with E-state index in [9.17, 15) is 4.79 Å². The molecule has 0 radical (unpaired) electrons. The second-order valence-electron chi connectivity index (χ2n) is 7.42. The lowest BCUT2D eigenvalue weighted by atomic mass is 9.49. The van der Waals surface area contributed by atoms with Crippen molar-refractivity contribution in [2.24, 2.45) is 22.4 Å². The number of nitrogens with one attached hydrogen (secondary N) is 2. The van der Waals surface area contributed by atoms with Crippen LogP contribution in [0.2, 0.25) is 0 Å². The van der Waals surface area contributed by atoms with Crippen molar-refractivity contribution in [1.82, 2.24) is 10.7 Å². The number of fused-ring (bicyclic) bond motifs is 1. The highest BCUT2D eigenvalue weighted by atomic mass is 16.2. The molecule has 2 amide bonds. The fourth-order valence-electron chi connectivity index (χ4n) is 4.17. The molecule has 4 nitrogen and oxygen atoms in total. The summed E-state index contributed by atoms with van der Waals surface area (Å²) in [6.45, 7) is 4.69. The van der Waals surface area contributed by atoms with Gasteiger partial charge in [0.15, 0.2) is 0 Å². The molecule has 0 heterocycles. The highest BCUT2D eigenvalue weighted by Crippen LogP contribution is 2.58. The van der Waals surface area contributed by atoms with E-state index in [1.54, 1.807) is 0 Å². The summed E-state index contributed by atoms with van der Waals surface area (Å²) in [4.78, 5) is 11.8. The molecule has 116 valence electrons. The molecule has 2 N–H and O–H groups in total. The molecular formula is C17H27N3O. The number of hydrogen-bond donors (Lipinski definition) is 2. The van der Waals surface area contributed by atoms with E-state index in [0.717, 1.165) is 25.2 Å². The lowest BCUT2D eigenvalue weighted by Crippen LogP contribution is -2.48. The molecule has 0 aromatic rings. The molecule has 0 aromatic heterocycles. The van der Waals surface area contributed by atoms with Gasteiger partial charge < -0.3 is 5.32 Å². The van der Waals surface area contributed by atoms with Crippen molar-refractivity contribution in [3.8, 4) is 0 Å². The Hall–Kier alpha value is -1.32. The van der Waals surface area contributed by atoms with Crippen molar-refractivity contribution >= 4 is 12.2 Å². The van der Waals surface area contributed by atoms with E-state index in [1.165, 1.54) is 31.3 Å². The predicted octanol–water partition coefficient (Wildman–Crippen LogP) is 3.60. The van der Waals surface area contributed by atoms with Gasteiger partial charge in [0.1, 0.15) is 0 Å². The summed E-state index contributed by atoms with van der Waals surface area (Å²) < 4.78 is 0. The van der Waals surface area contributed by atoms with Crippen LogP contribution in [-0.2, 0) is 0 Å². The summed E-state index contributed by atoms with van der Waals surface area (Å²) in [5.74, 6) is 1.45. The lowest BCUT2D eigenvalue weighted by Gasteiger charge is -2.55. The number of urea groups is 1. The summed E-state index contributed by atoms with van der Waals surface area (Å²) >= 11 is 0. The molecular weight excluding hydrogens is 262 g/mol. The molecule has 4 aliphatic rings. The van der Waals surface area contributed by atoms with Crippen molar-refractivity contribution in [3.05, 3.63) is 11.6 Å². The second kappa shape index (κ2) is 5.82. The van der Waals surface area contributed by atoms with E-state index in [-0.39, 0.29) is 6.03 Å². The molecule has 0 spiro atoms. The third-order valence-corrected chi connectivity index (χ3v) is 5.83. The molecule has 21 heavy (non-hydrogen) atoms. The number of rotatable bonds is 3. The van der Waals surface area contributed by atoms with Gasteiger partial charge in [-0.25, -0.2) is 10.2 Å². The quantitative estimate of drug-likeness (QED) is 0.605. The van der Waals surface area contributed by atoms with E-state index in [0.29, 0.717) is 17.4 Å². The number of hydrazone groups is 1. The molecule has 2 saturated carbocycles. The SMILES string of the molecule is CC1(C)C2CC=C(C=NNC(=O)NC3CCCCC3)C1C2. The highest BCUT2D eigenvalue weighted by molar-refractivity contribution is 5.82. The predicted molar refractivity (Wildman–Crippen MR) is 85.1 cm³/mol. The zero-order chi connectivity index (χ0) is 14.9. The van der Waals surface area contributed by atoms with Crippen LogP contribution in [0.1, 0.15) is 58.8 Å². The van der Waals surface area contributed by atoms with E-state index in [4.69, 9.17) is 0 Å². The maximum atomic E-state index is 11.8. The summed E-state index contributed by atoms with van der Waals surface area (Å²) in [6, 6.07) is 0.162. The minimum absolute atomic E-state index is 0.166. The van der Waals surface area contributed by atoms with Gasteiger partial charge in [0, 0.05) is 6.04 Å². The van der Waals surface area contributed by atoms with Crippen molar-refractivity contribution in [1.29, 1.82) is 0 Å². The minimum Gasteiger partial charge on any atom is -0.334 e. The molecule has 2 atom stereocenters. The van der Waals surface area contributed by atoms with Crippen molar-refractivity contribution in [2.45, 2.75) is 64.8 Å². The van der Waals surface area contributed by atoms with Crippen LogP contribution in [0, 0.1) is 17.3 Å². The first-order valence-electron chi connectivity index (χ1n) is 8.37. The second-order valence-corrected chi connectivity index (χ2v) is 7.42. The zero-order valence-electron chi connectivity index (χ0n) is 13.2. The molecule has 0 saturated heterocycles. The number of nitrogens with zero attached hydrogens (tertiary/aromatic N) is 1. The summed E-state index contributed by atoms with van der Waals surface area (Å²) in [5.41, 5.74) is 4.32. The fourth-order valence-corrected chi connectivity index (χ4v) is 4.17. The average molecular weight is 289 g/mol. The summed E-state index contributed by atoms with van der Waals surface area (Å²) in [5, 5.41) is 7.16. The lowest BCUT2D eigenvalue weighted by molar-refractivity contribution is -0.00126. The Morgan fingerprint density at radius 3 is 2.76 bits per heavy atom. The number of carbonyl (C=O) groups is 1. The van der Waals surface area contributed by atoms with Gasteiger partial charge in [-0.3, -0.25) is 0 Å². The Balaban J connectivity index is 1.46. The van der Waals surface area contributed by atoms with Gasteiger partial charge in [0.25, 0.3) is 0 Å². The number of hydrogen-bond acceptors (Lipinski definition) is 2. The zero-order valence-corrected chi connectivity index (χ0v) is 13.2. The Labute approximate surface area is 127 Å². The van der Waals surface area contributed by atoms with Gasteiger partial charge in [-0.05, 0) is 48.5 Å². The Bertz CT molecular complexity index is 461. The molecule has 4 heteroatoms. The topological polar surface area (TPSA) is 53.5 Å². The van der Waals surface area contributed by atoms with Gasteiger partial charge in [-0.2, -0.15) is 5.10 Å². The molecule has 4 aliphatic carbocycles. The van der Waals surface area contributed by atoms with Crippen molar-refractivity contribution in [2.75, 3.05) is 0 Å². The smallest absolute Gasteiger partial charge is 0.334 e. The number of carbonyl (C=O) groups excluding carboxylic acids is 1. The van der Waals surface area contributed by atoms with E-state index >= 15 is 0 Å². The fraction of sp³-hybridized carbons (Fsp3) is 0.765. The normalized spacial score (nSPS) is 31.4. The Morgan fingerprint density at radius 2 is 2.10 bits per heavy atom. The first-order chi connectivity index (χ1) is 10.1. The van der Waals surface area contributed by atoms with E-state index in [1.807, 2.05) is 6.21 Å². The van der Waals surface area contributed by atoms with Gasteiger partial charge in [-0.15, -0.1) is 0 Å². The van der Waals surface area contributed by atoms with Gasteiger partial charge >= 0.3 is 6.03 Å². The monoisotopic (exact) mass is 289 g/mol. The Kier molecular flexibility index (Phi) is 4.05. The Morgan fingerprint density at radius 1 is 1.33 bits per heavy atom.